The van der Waals surface area contributed by atoms with Crippen molar-refractivity contribution in [1.82, 2.24) is 0 Å². The van der Waals surface area contributed by atoms with Gasteiger partial charge < -0.3 is 10.2 Å². The highest BCUT2D eigenvalue weighted by atomic mass is 16.3. The zero-order chi connectivity index (χ0) is 8.20. The standard InChI is InChI=1S/C8H18O2/c1-4-7(2)8(3,10)5-6-9/h7,9-10H,4-6H2,1-3H3. The number of aliphatic hydroxyl groups is 2. The molecule has 2 N–H and O–H groups in total. The quantitative estimate of drug-likeness (QED) is 0.625. The lowest BCUT2D eigenvalue weighted by molar-refractivity contribution is -0.0156. The van der Waals surface area contributed by atoms with Crippen LogP contribution in [0.15, 0.2) is 0 Å². The van der Waals surface area contributed by atoms with Gasteiger partial charge in [0.25, 0.3) is 0 Å². The predicted octanol–water partition coefficient (Wildman–Crippen LogP) is 1.17. The summed E-state index contributed by atoms with van der Waals surface area (Å²) in [4.78, 5) is 0. The summed E-state index contributed by atoms with van der Waals surface area (Å²) in [7, 11) is 0. The van der Waals surface area contributed by atoms with E-state index in [1.165, 1.54) is 0 Å². The number of aliphatic hydroxyl groups excluding tert-OH is 1. The molecule has 0 aromatic rings. The smallest absolute Gasteiger partial charge is 0.0666 e. The molecule has 0 aromatic heterocycles. The summed E-state index contributed by atoms with van der Waals surface area (Å²) >= 11 is 0. The Morgan fingerprint density at radius 2 is 2.00 bits per heavy atom. The Morgan fingerprint density at radius 1 is 1.50 bits per heavy atom. The van der Waals surface area contributed by atoms with Gasteiger partial charge in [-0.2, -0.15) is 0 Å². The molecule has 2 heteroatoms. The maximum atomic E-state index is 9.62. The van der Waals surface area contributed by atoms with Gasteiger partial charge in [0, 0.05) is 6.61 Å². The Labute approximate surface area is 62.9 Å². The molecule has 0 radical (unpaired) electrons. The van der Waals surface area contributed by atoms with Crippen molar-refractivity contribution >= 4 is 0 Å². The molecule has 10 heavy (non-hydrogen) atoms. The van der Waals surface area contributed by atoms with Gasteiger partial charge in [-0.1, -0.05) is 20.3 Å². The fraction of sp³-hybridized carbons (Fsp3) is 1.00. The first-order valence-electron chi connectivity index (χ1n) is 3.87. The summed E-state index contributed by atoms with van der Waals surface area (Å²) in [6.45, 7) is 5.88. The second kappa shape index (κ2) is 3.94. The summed E-state index contributed by atoms with van der Waals surface area (Å²) in [5.41, 5.74) is -0.691. The molecule has 0 aromatic carbocycles. The molecule has 0 aliphatic carbocycles. The van der Waals surface area contributed by atoms with E-state index in [0.717, 1.165) is 6.42 Å². The molecular formula is C8H18O2. The molecule has 0 spiro atoms. The van der Waals surface area contributed by atoms with E-state index in [0.29, 0.717) is 6.42 Å². The molecule has 0 saturated carbocycles. The fourth-order valence-corrected chi connectivity index (χ4v) is 0.913. The summed E-state index contributed by atoms with van der Waals surface area (Å²) in [5, 5.41) is 18.2. The average Bonchev–Trinajstić information content (AvgIpc) is 1.86. The van der Waals surface area contributed by atoms with Crippen LogP contribution in [0.2, 0.25) is 0 Å². The molecule has 0 fully saturated rings. The van der Waals surface area contributed by atoms with Crippen LogP contribution in [0.25, 0.3) is 0 Å². The molecular weight excluding hydrogens is 128 g/mol. The van der Waals surface area contributed by atoms with Crippen LogP contribution in [0.3, 0.4) is 0 Å². The Kier molecular flexibility index (Phi) is 3.91. The number of hydrogen-bond donors (Lipinski definition) is 2. The maximum Gasteiger partial charge on any atom is 0.0666 e. The summed E-state index contributed by atoms with van der Waals surface area (Å²) in [6.07, 6.45) is 1.43. The third kappa shape index (κ3) is 2.67. The first-order valence-corrected chi connectivity index (χ1v) is 3.87. The SMILES string of the molecule is CCC(C)C(C)(O)CCO. The molecule has 0 saturated heterocycles. The zero-order valence-corrected chi connectivity index (χ0v) is 7.09. The van der Waals surface area contributed by atoms with Crippen LogP contribution < -0.4 is 0 Å². The topological polar surface area (TPSA) is 40.5 Å². The average molecular weight is 146 g/mol. The van der Waals surface area contributed by atoms with E-state index in [2.05, 4.69) is 0 Å². The highest BCUT2D eigenvalue weighted by Gasteiger charge is 2.25. The zero-order valence-electron chi connectivity index (χ0n) is 7.09. The van der Waals surface area contributed by atoms with Gasteiger partial charge in [0.15, 0.2) is 0 Å². The Morgan fingerprint density at radius 3 is 2.30 bits per heavy atom. The van der Waals surface area contributed by atoms with Crippen molar-refractivity contribution in [2.45, 2.75) is 39.2 Å². The first kappa shape index (κ1) is 9.92. The van der Waals surface area contributed by atoms with E-state index in [9.17, 15) is 5.11 Å². The minimum atomic E-state index is -0.691. The number of rotatable bonds is 4. The summed E-state index contributed by atoms with van der Waals surface area (Å²) in [5.74, 6) is 0.264. The lowest BCUT2D eigenvalue weighted by atomic mass is 9.86. The van der Waals surface area contributed by atoms with Crippen LogP contribution in [0.4, 0.5) is 0 Å². The molecule has 62 valence electrons. The number of hydrogen-bond acceptors (Lipinski definition) is 2. The van der Waals surface area contributed by atoms with E-state index >= 15 is 0 Å². The van der Waals surface area contributed by atoms with Gasteiger partial charge in [-0.25, -0.2) is 0 Å². The second-order valence-electron chi connectivity index (χ2n) is 3.14. The molecule has 0 amide bonds. The lowest BCUT2D eigenvalue weighted by Gasteiger charge is -2.28. The molecule has 0 bridgehead atoms. The van der Waals surface area contributed by atoms with Crippen molar-refractivity contribution in [2.24, 2.45) is 5.92 Å². The summed E-state index contributed by atoms with van der Waals surface area (Å²) in [6, 6.07) is 0. The van der Waals surface area contributed by atoms with E-state index in [1.807, 2.05) is 13.8 Å². The van der Waals surface area contributed by atoms with Crippen LogP contribution in [-0.2, 0) is 0 Å². The first-order chi connectivity index (χ1) is 4.54. The molecule has 2 unspecified atom stereocenters. The van der Waals surface area contributed by atoms with Crippen molar-refractivity contribution in [1.29, 1.82) is 0 Å². The van der Waals surface area contributed by atoms with Crippen LogP contribution in [0.1, 0.15) is 33.6 Å². The van der Waals surface area contributed by atoms with Crippen molar-refractivity contribution in [3.63, 3.8) is 0 Å². The van der Waals surface area contributed by atoms with Gasteiger partial charge in [-0.05, 0) is 19.3 Å². The highest BCUT2D eigenvalue weighted by molar-refractivity contribution is 4.77. The van der Waals surface area contributed by atoms with Crippen molar-refractivity contribution < 1.29 is 10.2 Å². The molecule has 2 atom stereocenters. The minimum Gasteiger partial charge on any atom is -0.396 e. The minimum absolute atomic E-state index is 0.0668. The Hall–Kier alpha value is -0.0800. The van der Waals surface area contributed by atoms with Crippen LogP contribution in [-0.4, -0.2) is 22.4 Å². The van der Waals surface area contributed by atoms with Gasteiger partial charge in [0.05, 0.1) is 5.60 Å². The molecule has 0 heterocycles. The Balaban J connectivity index is 3.82. The Bertz CT molecular complexity index is 89.3. The van der Waals surface area contributed by atoms with E-state index in [1.54, 1.807) is 6.92 Å². The van der Waals surface area contributed by atoms with E-state index in [-0.39, 0.29) is 12.5 Å². The largest absolute Gasteiger partial charge is 0.396 e. The molecule has 0 aliphatic rings. The van der Waals surface area contributed by atoms with Crippen LogP contribution in [0, 0.1) is 5.92 Å². The third-order valence-electron chi connectivity index (χ3n) is 2.29. The van der Waals surface area contributed by atoms with Gasteiger partial charge in [0.1, 0.15) is 0 Å². The third-order valence-corrected chi connectivity index (χ3v) is 2.29. The monoisotopic (exact) mass is 146 g/mol. The van der Waals surface area contributed by atoms with Crippen LogP contribution in [0.5, 0.6) is 0 Å². The van der Waals surface area contributed by atoms with Gasteiger partial charge in [-0.15, -0.1) is 0 Å². The van der Waals surface area contributed by atoms with E-state index < -0.39 is 5.60 Å². The van der Waals surface area contributed by atoms with E-state index in [4.69, 9.17) is 5.11 Å². The van der Waals surface area contributed by atoms with Crippen molar-refractivity contribution in [3.05, 3.63) is 0 Å². The van der Waals surface area contributed by atoms with Crippen molar-refractivity contribution in [2.75, 3.05) is 6.61 Å². The maximum absolute atomic E-state index is 9.62. The molecule has 2 nitrogen and oxygen atoms in total. The normalized spacial score (nSPS) is 20.1. The van der Waals surface area contributed by atoms with Gasteiger partial charge in [-0.3, -0.25) is 0 Å². The molecule has 0 aliphatic heterocycles. The fourth-order valence-electron chi connectivity index (χ4n) is 0.913. The van der Waals surface area contributed by atoms with Gasteiger partial charge >= 0.3 is 0 Å². The predicted molar refractivity (Wildman–Crippen MR) is 41.8 cm³/mol. The lowest BCUT2D eigenvalue weighted by Crippen LogP contribution is -2.33. The van der Waals surface area contributed by atoms with Gasteiger partial charge in [0.2, 0.25) is 0 Å². The molecule has 0 rings (SSSR count). The highest BCUT2D eigenvalue weighted by Crippen LogP contribution is 2.22. The van der Waals surface area contributed by atoms with Crippen molar-refractivity contribution in [3.8, 4) is 0 Å². The summed E-state index contributed by atoms with van der Waals surface area (Å²) < 4.78 is 0. The second-order valence-corrected chi connectivity index (χ2v) is 3.14. The van der Waals surface area contributed by atoms with Crippen LogP contribution >= 0.6 is 0 Å².